The van der Waals surface area contributed by atoms with Crippen LogP contribution >= 0.6 is 0 Å². The molecule has 1 rings (SSSR count). The molecule has 0 spiro atoms. The maximum absolute atomic E-state index is 11.0. The Kier molecular flexibility index (Phi) is 4.37. The molecule has 0 aliphatic carbocycles. The van der Waals surface area contributed by atoms with Crippen molar-refractivity contribution in [2.75, 3.05) is 7.11 Å². The van der Waals surface area contributed by atoms with Gasteiger partial charge in [-0.3, -0.25) is 4.79 Å². The molecule has 1 aromatic rings. The van der Waals surface area contributed by atoms with E-state index in [1.807, 2.05) is 19.9 Å². The van der Waals surface area contributed by atoms with Gasteiger partial charge in [0.15, 0.2) is 11.5 Å². The van der Waals surface area contributed by atoms with Crippen molar-refractivity contribution >= 4 is 5.97 Å². The Morgan fingerprint density at radius 1 is 1.20 bits per heavy atom. The number of rotatable bonds is 4. The molecule has 0 heterocycles. The van der Waals surface area contributed by atoms with Gasteiger partial charge in [0.2, 0.25) is 0 Å². The number of carbonyl (C=O) groups is 1. The molecule has 0 aliphatic rings. The first-order chi connectivity index (χ1) is 8.99. The van der Waals surface area contributed by atoms with Crippen LogP contribution in [0.1, 0.15) is 52.2 Å². The predicted octanol–water partition coefficient (Wildman–Crippen LogP) is 3.45. The zero-order valence-electron chi connectivity index (χ0n) is 13.1. The van der Waals surface area contributed by atoms with Crippen molar-refractivity contribution in [2.45, 2.75) is 51.9 Å². The van der Waals surface area contributed by atoms with Crippen LogP contribution in [-0.2, 0) is 15.6 Å². The first-order valence-corrected chi connectivity index (χ1v) is 6.63. The molecule has 0 aliphatic heterocycles. The third kappa shape index (κ3) is 3.44. The van der Waals surface area contributed by atoms with Crippen LogP contribution in [0.25, 0.3) is 0 Å². The van der Waals surface area contributed by atoms with E-state index in [1.54, 1.807) is 6.07 Å². The number of phenolic OH excluding ortho intramolecular Hbond substituents is 1. The summed E-state index contributed by atoms with van der Waals surface area (Å²) in [4.78, 5) is 11.0. The maximum Gasteiger partial charge on any atom is 0.304 e. The number of hydrogen-bond acceptors (Lipinski definition) is 3. The molecule has 112 valence electrons. The topological polar surface area (TPSA) is 66.8 Å². The molecule has 0 amide bonds. The highest BCUT2D eigenvalue weighted by atomic mass is 16.5. The molecule has 0 aromatic heterocycles. The maximum atomic E-state index is 11.0. The SMILES string of the molecule is COc1cc(C(C)(C)C)cc(C(C)(C)CC(=O)O)c1O. The van der Waals surface area contributed by atoms with Gasteiger partial charge in [-0.15, -0.1) is 0 Å². The summed E-state index contributed by atoms with van der Waals surface area (Å²) in [5.41, 5.74) is 0.809. The molecule has 4 nitrogen and oxygen atoms in total. The van der Waals surface area contributed by atoms with E-state index in [1.165, 1.54) is 7.11 Å². The molecule has 0 fully saturated rings. The lowest BCUT2D eigenvalue weighted by molar-refractivity contribution is -0.138. The Morgan fingerprint density at radius 2 is 1.75 bits per heavy atom. The first-order valence-electron chi connectivity index (χ1n) is 6.63. The van der Waals surface area contributed by atoms with Crippen molar-refractivity contribution in [3.63, 3.8) is 0 Å². The Balaban J connectivity index is 3.49. The van der Waals surface area contributed by atoms with E-state index in [9.17, 15) is 9.90 Å². The summed E-state index contributed by atoms with van der Waals surface area (Å²) in [5.74, 6) is -0.493. The Bertz CT molecular complexity index is 510. The highest BCUT2D eigenvalue weighted by Crippen LogP contribution is 2.42. The molecule has 20 heavy (non-hydrogen) atoms. The monoisotopic (exact) mass is 280 g/mol. The fraction of sp³-hybridized carbons (Fsp3) is 0.562. The van der Waals surface area contributed by atoms with Gasteiger partial charge < -0.3 is 14.9 Å². The predicted molar refractivity (Wildman–Crippen MR) is 78.6 cm³/mol. The number of hydrogen-bond donors (Lipinski definition) is 2. The molecule has 2 N–H and O–H groups in total. The number of phenols is 1. The highest BCUT2D eigenvalue weighted by molar-refractivity contribution is 5.69. The second kappa shape index (κ2) is 5.35. The van der Waals surface area contributed by atoms with E-state index in [2.05, 4.69) is 20.8 Å². The molecule has 0 radical (unpaired) electrons. The summed E-state index contributed by atoms with van der Waals surface area (Å²) in [6.07, 6.45) is -0.0582. The van der Waals surface area contributed by atoms with Crippen molar-refractivity contribution in [3.05, 3.63) is 23.3 Å². The Labute approximate surface area is 120 Å². The van der Waals surface area contributed by atoms with Gasteiger partial charge in [0.1, 0.15) is 0 Å². The number of carboxylic acids is 1. The fourth-order valence-electron chi connectivity index (χ4n) is 2.19. The Hall–Kier alpha value is -1.71. The quantitative estimate of drug-likeness (QED) is 0.886. The number of benzene rings is 1. The van der Waals surface area contributed by atoms with Crippen molar-refractivity contribution < 1.29 is 19.7 Å². The molecule has 0 unspecified atom stereocenters. The third-order valence-electron chi connectivity index (χ3n) is 3.48. The fourth-order valence-corrected chi connectivity index (χ4v) is 2.19. The van der Waals surface area contributed by atoms with E-state index in [0.717, 1.165) is 5.56 Å². The summed E-state index contributed by atoms with van der Waals surface area (Å²) >= 11 is 0. The molecule has 0 atom stereocenters. The number of methoxy groups -OCH3 is 1. The van der Waals surface area contributed by atoms with Crippen molar-refractivity contribution in [3.8, 4) is 11.5 Å². The van der Waals surface area contributed by atoms with Crippen molar-refractivity contribution in [2.24, 2.45) is 0 Å². The summed E-state index contributed by atoms with van der Waals surface area (Å²) in [7, 11) is 1.50. The van der Waals surface area contributed by atoms with E-state index < -0.39 is 11.4 Å². The minimum Gasteiger partial charge on any atom is -0.504 e. The molecule has 0 saturated heterocycles. The van der Waals surface area contributed by atoms with Gasteiger partial charge in [0.05, 0.1) is 13.5 Å². The van der Waals surface area contributed by atoms with Crippen molar-refractivity contribution in [1.29, 1.82) is 0 Å². The summed E-state index contributed by atoms with van der Waals surface area (Å²) in [5, 5.41) is 19.4. The van der Waals surface area contributed by atoms with Gasteiger partial charge in [-0.25, -0.2) is 0 Å². The lowest BCUT2D eigenvalue weighted by Crippen LogP contribution is -2.23. The van der Waals surface area contributed by atoms with Crippen LogP contribution in [0.5, 0.6) is 11.5 Å². The zero-order chi connectivity index (χ0) is 15.7. The molecule has 4 heteroatoms. The van der Waals surface area contributed by atoms with Crippen LogP contribution in [0.15, 0.2) is 12.1 Å². The van der Waals surface area contributed by atoms with Crippen LogP contribution in [0.2, 0.25) is 0 Å². The standard InChI is InChI=1S/C16H24O4/c1-15(2,3)10-7-11(14(19)12(8-10)20-6)16(4,5)9-13(17)18/h7-8,19H,9H2,1-6H3,(H,17,18). The lowest BCUT2D eigenvalue weighted by Gasteiger charge is -2.28. The van der Waals surface area contributed by atoms with Gasteiger partial charge in [-0.05, 0) is 17.0 Å². The minimum absolute atomic E-state index is 0.0201. The smallest absolute Gasteiger partial charge is 0.304 e. The van der Waals surface area contributed by atoms with E-state index in [0.29, 0.717) is 11.3 Å². The average molecular weight is 280 g/mol. The van der Waals surface area contributed by atoms with Crippen LogP contribution in [0.3, 0.4) is 0 Å². The highest BCUT2D eigenvalue weighted by Gasteiger charge is 2.30. The van der Waals surface area contributed by atoms with E-state index in [4.69, 9.17) is 9.84 Å². The van der Waals surface area contributed by atoms with Gasteiger partial charge in [-0.1, -0.05) is 40.7 Å². The number of aromatic hydroxyl groups is 1. The molecule has 0 saturated carbocycles. The van der Waals surface area contributed by atoms with Crippen LogP contribution in [0.4, 0.5) is 0 Å². The normalized spacial score (nSPS) is 12.3. The molecule has 0 bridgehead atoms. The first kappa shape index (κ1) is 16.3. The van der Waals surface area contributed by atoms with Gasteiger partial charge in [0, 0.05) is 11.0 Å². The van der Waals surface area contributed by atoms with E-state index >= 15 is 0 Å². The van der Waals surface area contributed by atoms with Gasteiger partial charge >= 0.3 is 5.97 Å². The second-order valence-corrected chi connectivity index (χ2v) is 6.78. The van der Waals surface area contributed by atoms with Crippen LogP contribution in [-0.4, -0.2) is 23.3 Å². The third-order valence-corrected chi connectivity index (χ3v) is 3.48. The largest absolute Gasteiger partial charge is 0.504 e. The zero-order valence-corrected chi connectivity index (χ0v) is 13.1. The molecular weight excluding hydrogens is 256 g/mol. The number of aliphatic carboxylic acids is 1. The van der Waals surface area contributed by atoms with Gasteiger partial charge in [-0.2, -0.15) is 0 Å². The molecule has 1 aromatic carbocycles. The van der Waals surface area contributed by atoms with Gasteiger partial charge in [0.25, 0.3) is 0 Å². The summed E-state index contributed by atoms with van der Waals surface area (Å²) in [6, 6.07) is 3.68. The van der Waals surface area contributed by atoms with E-state index in [-0.39, 0.29) is 17.6 Å². The number of carboxylic acid groups (broad SMARTS) is 1. The van der Waals surface area contributed by atoms with Crippen molar-refractivity contribution in [1.82, 2.24) is 0 Å². The molecular formula is C16H24O4. The number of ether oxygens (including phenoxy) is 1. The summed E-state index contributed by atoms with van der Waals surface area (Å²) < 4.78 is 5.22. The Morgan fingerprint density at radius 3 is 2.15 bits per heavy atom. The van der Waals surface area contributed by atoms with Crippen LogP contribution < -0.4 is 4.74 Å². The average Bonchev–Trinajstić information content (AvgIpc) is 2.25. The second-order valence-electron chi connectivity index (χ2n) is 6.78. The van der Waals surface area contributed by atoms with Crippen LogP contribution in [0, 0.1) is 0 Å². The lowest BCUT2D eigenvalue weighted by atomic mass is 9.77. The minimum atomic E-state index is -0.894. The summed E-state index contributed by atoms with van der Waals surface area (Å²) in [6.45, 7) is 9.80.